The molecule has 0 saturated heterocycles. The van der Waals surface area contributed by atoms with Crippen molar-refractivity contribution in [2.45, 2.75) is 63.4 Å². The van der Waals surface area contributed by atoms with Gasteiger partial charge in [-0.2, -0.15) is 4.31 Å². The van der Waals surface area contributed by atoms with Crippen molar-refractivity contribution in [3.63, 3.8) is 0 Å². The number of hydrogen-bond donors (Lipinski definition) is 4. The summed E-state index contributed by atoms with van der Waals surface area (Å²) in [5, 5.41) is 18.9. The smallest absolute Gasteiger partial charge is 0.243 e. The van der Waals surface area contributed by atoms with E-state index in [0.29, 0.717) is 31.5 Å². The molecule has 0 radical (unpaired) electrons. The third kappa shape index (κ3) is 8.51. The fraction of sp³-hybridized carbons (Fsp3) is 0.452. The second-order valence-electron chi connectivity index (χ2n) is 10.7. The fourth-order valence-electron chi connectivity index (χ4n) is 4.84. The van der Waals surface area contributed by atoms with E-state index >= 15 is 0 Å². The van der Waals surface area contributed by atoms with E-state index in [4.69, 9.17) is 5.73 Å². The molecule has 218 valence electrons. The Hall–Kier alpha value is -2.98. The molecule has 0 aromatic heterocycles. The monoisotopic (exact) mass is 568 g/mol. The molecule has 5 N–H and O–H groups in total. The molecule has 40 heavy (non-hydrogen) atoms. The third-order valence-corrected chi connectivity index (χ3v) is 8.86. The number of nitrogen functional groups attached to an aromatic ring is 1. The van der Waals surface area contributed by atoms with Gasteiger partial charge in [-0.25, -0.2) is 8.42 Å². The van der Waals surface area contributed by atoms with E-state index in [0.717, 1.165) is 29.3 Å². The summed E-state index contributed by atoms with van der Waals surface area (Å²) in [6.07, 6.45) is 2.41. The number of aliphatic hydroxyl groups excluding tert-OH is 1. The number of fused-ring (bicyclic) bond motifs is 1. The SMILES string of the molecule is CCCNC(Cc1cccc2ccccc12)C(=O)NCCCC(CO)N(CC(C)C)S(=O)(=O)c1ccc(N)cc1. The number of amides is 1. The van der Waals surface area contributed by atoms with Gasteiger partial charge in [0, 0.05) is 24.8 Å². The Morgan fingerprint density at radius 2 is 1.70 bits per heavy atom. The van der Waals surface area contributed by atoms with Crippen LogP contribution in [0.5, 0.6) is 0 Å². The molecule has 2 atom stereocenters. The van der Waals surface area contributed by atoms with Crippen LogP contribution >= 0.6 is 0 Å². The van der Waals surface area contributed by atoms with Crippen LogP contribution in [0.2, 0.25) is 0 Å². The van der Waals surface area contributed by atoms with E-state index in [1.165, 1.54) is 16.4 Å². The first-order valence-electron chi connectivity index (χ1n) is 14.1. The summed E-state index contributed by atoms with van der Waals surface area (Å²) < 4.78 is 28.3. The summed E-state index contributed by atoms with van der Waals surface area (Å²) in [6.45, 7) is 7.03. The van der Waals surface area contributed by atoms with Crippen molar-refractivity contribution in [1.29, 1.82) is 0 Å². The Bertz CT molecular complexity index is 1320. The van der Waals surface area contributed by atoms with Crippen molar-refractivity contribution in [3.8, 4) is 0 Å². The molecule has 3 aromatic carbocycles. The average molecular weight is 569 g/mol. The molecular weight excluding hydrogens is 524 g/mol. The lowest BCUT2D eigenvalue weighted by molar-refractivity contribution is -0.123. The van der Waals surface area contributed by atoms with E-state index in [1.807, 2.05) is 32.0 Å². The van der Waals surface area contributed by atoms with E-state index < -0.39 is 16.1 Å². The van der Waals surface area contributed by atoms with Crippen LogP contribution in [0, 0.1) is 5.92 Å². The van der Waals surface area contributed by atoms with Crippen LogP contribution in [0.25, 0.3) is 10.8 Å². The van der Waals surface area contributed by atoms with Crippen LogP contribution in [0.15, 0.2) is 71.6 Å². The Labute approximate surface area is 239 Å². The number of nitrogens with two attached hydrogens (primary N) is 1. The highest BCUT2D eigenvalue weighted by Crippen LogP contribution is 2.23. The number of anilines is 1. The molecule has 0 bridgehead atoms. The summed E-state index contributed by atoms with van der Waals surface area (Å²) in [5.41, 5.74) is 7.34. The number of hydrogen-bond acceptors (Lipinski definition) is 6. The lowest BCUT2D eigenvalue weighted by Gasteiger charge is -2.31. The second kappa shape index (κ2) is 15.1. The van der Waals surface area contributed by atoms with Gasteiger partial charge in [-0.05, 0) is 78.7 Å². The number of benzene rings is 3. The van der Waals surface area contributed by atoms with Crippen LogP contribution in [0.4, 0.5) is 5.69 Å². The number of sulfonamides is 1. The van der Waals surface area contributed by atoms with Crippen LogP contribution in [-0.2, 0) is 21.2 Å². The summed E-state index contributed by atoms with van der Waals surface area (Å²) in [7, 11) is -3.83. The van der Waals surface area contributed by atoms with Gasteiger partial charge in [0.2, 0.25) is 15.9 Å². The summed E-state index contributed by atoms with van der Waals surface area (Å²) in [5.74, 6) is -0.0211. The van der Waals surface area contributed by atoms with E-state index in [9.17, 15) is 18.3 Å². The van der Waals surface area contributed by atoms with Crippen molar-refractivity contribution in [2.75, 3.05) is 32.0 Å². The maximum atomic E-state index is 13.5. The predicted molar refractivity (Wildman–Crippen MR) is 162 cm³/mol. The van der Waals surface area contributed by atoms with Crippen molar-refractivity contribution in [2.24, 2.45) is 5.92 Å². The van der Waals surface area contributed by atoms with Gasteiger partial charge in [0.05, 0.1) is 17.5 Å². The van der Waals surface area contributed by atoms with Gasteiger partial charge in [-0.1, -0.05) is 63.2 Å². The van der Waals surface area contributed by atoms with Crippen molar-refractivity contribution >= 4 is 32.4 Å². The van der Waals surface area contributed by atoms with Crippen molar-refractivity contribution in [3.05, 3.63) is 72.3 Å². The highest BCUT2D eigenvalue weighted by molar-refractivity contribution is 7.89. The third-order valence-electron chi connectivity index (χ3n) is 6.92. The lowest BCUT2D eigenvalue weighted by Crippen LogP contribution is -2.47. The van der Waals surface area contributed by atoms with Gasteiger partial charge in [0.15, 0.2) is 0 Å². The normalized spacial score (nSPS) is 13.6. The first kappa shape index (κ1) is 31.5. The highest BCUT2D eigenvalue weighted by Gasteiger charge is 2.31. The Morgan fingerprint density at radius 1 is 1.00 bits per heavy atom. The zero-order valence-electron chi connectivity index (χ0n) is 23.8. The van der Waals surface area contributed by atoms with E-state index in [1.54, 1.807) is 12.1 Å². The number of aliphatic hydroxyl groups is 1. The van der Waals surface area contributed by atoms with Gasteiger partial charge in [0.1, 0.15) is 0 Å². The van der Waals surface area contributed by atoms with Crippen LogP contribution in [0.1, 0.15) is 45.6 Å². The molecule has 0 fully saturated rings. The van der Waals surface area contributed by atoms with Gasteiger partial charge in [0.25, 0.3) is 0 Å². The molecule has 0 saturated carbocycles. The van der Waals surface area contributed by atoms with Gasteiger partial charge in [-0.3, -0.25) is 4.79 Å². The van der Waals surface area contributed by atoms with Crippen LogP contribution in [0.3, 0.4) is 0 Å². The minimum absolute atomic E-state index is 0.0665. The Morgan fingerprint density at radius 3 is 2.38 bits per heavy atom. The minimum atomic E-state index is -3.83. The molecule has 0 aliphatic heterocycles. The predicted octanol–water partition coefficient (Wildman–Crippen LogP) is 3.94. The molecule has 1 amide bonds. The number of rotatable bonds is 16. The molecule has 0 spiro atoms. The Balaban J connectivity index is 1.65. The molecule has 3 aromatic rings. The second-order valence-corrected chi connectivity index (χ2v) is 12.5. The molecule has 2 unspecified atom stereocenters. The maximum absolute atomic E-state index is 13.5. The standard InChI is InChI=1S/C31H44N4O4S/c1-4-18-33-30(20-25-11-7-10-24-9-5-6-13-29(24)25)31(37)34-19-8-12-27(22-36)35(21-23(2)3)40(38,39)28-16-14-26(32)15-17-28/h5-7,9-11,13-17,23,27,30,33,36H,4,8,12,18-22,32H2,1-3H3,(H,34,37). The van der Waals surface area contributed by atoms with Gasteiger partial charge < -0.3 is 21.5 Å². The lowest BCUT2D eigenvalue weighted by atomic mass is 9.98. The molecule has 8 nitrogen and oxygen atoms in total. The number of carbonyl (C=O) groups is 1. The van der Waals surface area contributed by atoms with E-state index in [-0.39, 0.29) is 35.9 Å². The quantitative estimate of drug-likeness (QED) is 0.153. The van der Waals surface area contributed by atoms with Crippen LogP contribution in [-0.4, -0.2) is 62.1 Å². The molecule has 9 heteroatoms. The van der Waals surface area contributed by atoms with Gasteiger partial charge in [-0.15, -0.1) is 0 Å². The van der Waals surface area contributed by atoms with Crippen molar-refractivity contribution < 1.29 is 18.3 Å². The highest BCUT2D eigenvalue weighted by atomic mass is 32.2. The largest absolute Gasteiger partial charge is 0.399 e. The molecular formula is C31H44N4O4S. The fourth-order valence-corrected chi connectivity index (χ4v) is 6.65. The topological polar surface area (TPSA) is 125 Å². The first-order valence-corrected chi connectivity index (χ1v) is 15.6. The molecule has 0 heterocycles. The van der Waals surface area contributed by atoms with E-state index in [2.05, 4.69) is 41.8 Å². The molecule has 3 rings (SSSR count). The molecule has 0 aliphatic rings. The summed E-state index contributed by atoms with van der Waals surface area (Å²) in [4.78, 5) is 13.4. The number of carbonyl (C=O) groups excluding carboxylic acids is 1. The van der Waals surface area contributed by atoms with Gasteiger partial charge >= 0.3 is 0 Å². The number of nitrogens with one attached hydrogen (secondary N) is 2. The average Bonchev–Trinajstić information content (AvgIpc) is 2.94. The number of nitrogens with zero attached hydrogens (tertiary/aromatic N) is 1. The maximum Gasteiger partial charge on any atom is 0.243 e. The zero-order chi connectivity index (χ0) is 29.1. The van der Waals surface area contributed by atoms with Crippen molar-refractivity contribution in [1.82, 2.24) is 14.9 Å². The zero-order valence-corrected chi connectivity index (χ0v) is 24.7. The Kier molecular flexibility index (Phi) is 11.9. The summed E-state index contributed by atoms with van der Waals surface area (Å²) in [6, 6.07) is 19.4. The summed E-state index contributed by atoms with van der Waals surface area (Å²) >= 11 is 0. The molecule has 0 aliphatic carbocycles. The first-order chi connectivity index (χ1) is 19.2. The minimum Gasteiger partial charge on any atom is -0.399 e. The van der Waals surface area contributed by atoms with Crippen LogP contribution < -0.4 is 16.4 Å².